The van der Waals surface area contributed by atoms with Crippen LogP contribution >= 0.6 is 0 Å². The van der Waals surface area contributed by atoms with E-state index in [0.717, 1.165) is 13.0 Å². The van der Waals surface area contributed by atoms with Gasteiger partial charge in [0, 0.05) is 19.1 Å². The molecular formula is C15H28N2O3. The summed E-state index contributed by atoms with van der Waals surface area (Å²) in [5.41, 5.74) is -0.897. The lowest BCUT2D eigenvalue weighted by Gasteiger charge is -2.41. The Balaban J connectivity index is 2.64. The first kappa shape index (κ1) is 16.8. The molecule has 1 saturated heterocycles. The number of rotatable bonds is 4. The number of nitrogens with one attached hydrogen (secondary N) is 1. The number of hydrogen-bond donors (Lipinski definition) is 2. The molecule has 0 saturated carbocycles. The second kappa shape index (κ2) is 6.46. The van der Waals surface area contributed by atoms with Crippen LogP contribution in [0, 0.1) is 17.3 Å². The van der Waals surface area contributed by atoms with E-state index in [0.29, 0.717) is 18.3 Å². The van der Waals surface area contributed by atoms with Crippen LogP contribution in [0.25, 0.3) is 0 Å². The van der Waals surface area contributed by atoms with Gasteiger partial charge in [0.25, 0.3) is 0 Å². The van der Waals surface area contributed by atoms with E-state index in [2.05, 4.69) is 26.1 Å². The molecule has 0 radical (unpaired) electrons. The summed E-state index contributed by atoms with van der Waals surface area (Å²) in [7, 11) is 0. The summed E-state index contributed by atoms with van der Waals surface area (Å²) < 4.78 is 0. The first-order valence-corrected chi connectivity index (χ1v) is 7.49. The molecule has 0 spiro atoms. The van der Waals surface area contributed by atoms with Gasteiger partial charge in [-0.15, -0.1) is 0 Å². The molecule has 5 heteroatoms. The van der Waals surface area contributed by atoms with E-state index in [1.165, 1.54) is 0 Å². The SMILES string of the molecule is CCC(C)(CNC(=O)N1CC(C)CC(C)C1C)C(=O)O. The number of urea groups is 1. The molecule has 1 aliphatic rings. The van der Waals surface area contributed by atoms with Crippen molar-refractivity contribution in [3.63, 3.8) is 0 Å². The highest BCUT2D eigenvalue weighted by molar-refractivity contribution is 5.78. The van der Waals surface area contributed by atoms with Crippen LogP contribution in [0.15, 0.2) is 0 Å². The zero-order chi connectivity index (χ0) is 15.5. The van der Waals surface area contributed by atoms with Crippen molar-refractivity contribution in [2.75, 3.05) is 13.1 Å². The monoisotopic (exact) mass is 284 g/mol. The zero-order valence-corrected chi connectivity index (χ0v) is 13.3. The van der Waals surface area contributed by atoms with Crippen LogP contribution < -0.4 is 5.32 Å². The van der Waals surface area contributed by atoms with Crippen LogP contribution in [0.5, 0.6) is 0 Å². The average molecular weight is 284 g/mol. The van der Waals surface area contributed by atoms with Crippen LogP contribution in [0.1, 0.15) is 47.5 Å². The van der Waals surface area contributed by atoms with Crippen molar-refractivity contribution in [1.82, 2.24) is 10.2 Å². The van der Waals surface area contributed by atoms with E-state index >= 15 is 0 Å². The van der Waals surface area contributed by atoms with Crippen molar-refractivity contribution in [2.24, 2.45) is 17.3 Å². The molecule has 0 aliphatic carbocycles. The van der Waals surface area contributed by atoms with Gasteiger partial charge in [-0.05, 0) is 38.5 Å². The highest BCUT2D eigenvalue weighted by Crippen LogP contribution is 2.27. The average Bonchev–Trinajstić information content (AvgIpc) is 2.39. The number of carboxylic acid groups (broad SMARTS) is 1. The van der Waals surface area contributed by atoms with Crippen molar-refractivity contribution in [3.05, 3.63) is 0 Å². The molecule has 1 rings (SSSR count). The first-order chi connectivity index (χ1) is 9.21. The number of nitrogens with zero attached hydrogens (tertiary/aromatic N) is 1. The number of amides is 2. The number of likely N-dealkylation sites (tertiary alicyclic amines) is 1. The maximum atomic E-state index is 12.3. The van der Waals surface area contributed by atoms with Gasteiger partial charge in [-0.25, -0.2) is 4.79 Å². The van der Waals surface area contributed by atoms with Crippen LogP contribution in [-0.4, -0.2) is 41.1 Å². The molecule has 116 valence electrons. The minimum Gasteiger partial charge on any atom is -0.481 e. The molecule has 2 N–H and O–H groups in total. The molecule has 4 atom stereocenters. The van der Waals surface area contributed by atoms with Crippen molar-refractivity contribution in [2.45, 2.75) is 53.5 Å². The van der Waals surface area contributed by atoms with Gasteiger partial charge < -0.3 is 15.3 Å². The Kier molecular flexibility index (Phi) is 5.42. The van der Waals surface area contributed by atoms with Gasteiger partial charge in [0.05, 0.1) is 5.41 Å². The van der Waals surface area contributed by atoms with Crippen LogP contribution in [0.3, 0.4) is 0 Å². The summed E-state index contributed by atoms with van der Waals surface area (Å²) in [6, 6.07) is 0.0562. The van der Waals surface area contributed by atoms with Crippen LogP contribution in [0.4, 0.5) is 4.79 Å². The number of hydrogen-bond acceptors (Lipinski definition) is 2. The maximum Gasteiger partial charge on any atom is 0.317 e. The molecule has 0 aromatic carbocycles. The van der Waals surface area contributed by atoms with Gasteiger partial charge in [0.2, 0.25) is 0 Å². The van der Waals surface area contributed by atoms with E-state index in [1.807, 2.05) is 11.8 Å². The van der Waals surface area contributed by atoms with E-state index in [-0.39, 0.29) is 18.6 Å². The highest BCUT2D eigenvalue weighted by Gasteiger charge is 2.35. The number of piperidine rings is 1. The summed E-state index contributed by atoms with van der Waals surface area (Å²) in [6.07, 6.45) is 1.62. The summed E-state index contributed by atoms with van der Waals surface area (Å²) in [5, 5.41) is 12.0. The number of aliphatic carboxylic acids is 1. The molecular weight excluding hydrogens is 256 g/mol. The highest BCUT2D eigenvalue weighted by atomic mass is 16.4. The summed E-state index contributed by atoms with van der Waals surface area (Å²) in [4.78, 5) is 25.4. The van der Waals surface area contributed by atoms with Gasteiger partial charge in [-0.2, -0.15) is 0 Å². The molecule has 1 aliphatic heterocycles. The molecule has 0 aromatic heterocycles. The quantitative estimate of drug-likeness (QED) is 0.833. The van der Waals surface area contributed by atoms with E-state index in [9.17, 15) is 14.7 Å². The predicted octanol–water partition coefficient (Wildman–Crippen LogP) is 2.56. The number of carbonyl (C=O) groups excluding carboxylic acids is 1. The van der Waals surface area contributed by atoms with Crippen molar-refractivity contribution < 1.29 is 14.7 Å². The lowest BCUT2D eigenvalue weighted by Crippen LogP contribution is -2.54. The first-order valence-electron chi connectivity index (χ1n) is 7.49. The standard InChI is InChI=1S/C15H28N2O3/c1-6-15(5,13(18)19)9-16-14(20)17-8-10(2)7-11(3)12(17)4/h10-12H,6-9H2,1-5H3,(H,16,20)(H,18,19). The lowest BCUT2D eigenvalue weighted by atomic mass is 9.86. The molecule has 0 aromatic rings. The summed E-state index contributed by atoms with van der Waals surface area (Å²) >= 11 is 0. The Bertz CT molecular complexity index is 372. The number of carboxylic acids is 1. The fraction of sp³-hybridized carbons (Fsp3) is 0.867. The third-order valence-electron chi connectivity index (χ3n) is 4.78. The fourth-order valence-electron chi connectivity index (χ4n) is 2.71. The van der Waals surface area contributed by atoms with E-state index in [4.69, 9.17) is 0 Å². The smallest absolute Gasteiger partial charge is 0.317 e. The van der Waals surface area contributed by atoms with Gasteiger partial charge in [0.15, 0.2) is 0 Å². The lowest BCUT2D eigenvalue weighted by molar-refractivity contribution is -0.147. The Hall–Kier alpha value is -1.26. The molecule has 20 heavy (non-hydrogen) atoms. The minimum absolute atomic E-state index is 0.142. The third-order valence-corrected chi connectivity index (χ3v) is 4.78. The molecule has 5 nitrogen and oxygen atoms in total. The molecule has 1 fully saturated rings. The van der Waals surface area contributed by atoms with Gasteiger partial charge in [-0.3, -0.25) is 4.79 Å². The fourth-order valence-corrected chi connectivity index (χ4v) is 2.71. The second-order valence-corrected chi connectivity index (χ2v) is 6.59. The predicted molar refractivity (Wildman–Crippen MR) is 78.5 cm³/mol. The Morgan fingerprint density at radius 1 is 1.35 bits per heavy atom. The van der Waals surface area contributed by atoms with E-state index in [1.54, 1.807) is 6.92 Å². The second-order valence-electron chi connectivity index (χ2n) is 6.59. The van der Waals surface area contributed by atoms with Crippen LogP contribution in [0.2, 0.25) is 0 Å². The molecule has 4 unspecified atom stereocenters. The Labute approximate surface area is 121 Å². The molecule has 0 bridgehead atoms. The summed E-state index contributed by atoms with van der Waals surface area (Å²) in [5.74, 6) is 0.0965. The van der Waals surface area contributed by atoms with Crippen molar-refractivity contribution in [1.29, 1.82) is 0 Å². The maximum absolute atomic E-state index is 12.3. The molecule has 1 heterocycles. The zero-order valence-electron chi connectivity index (χ0n) is 13.3. The van der Waals surface area contributed by atoms with Crippen molar-refractivity contribution in [3.8, 4) is 0 Å². The van der Waals surface area contributed by atoms with Crippen LogP contribution in [-0.2, 0) is 4.79 Å². The topological polar surface area (TPSA) is 69.6 Å². The number of carbonyl (C=O) groups is 2. The summed E-state index contributed by atoms with van der Waals surface area (Å²) in [6.45, 7) is 10.8. The largest absolute Gasteiger partial charge is 0.481 e. The minimum atomic E-state index is -0.897. The van der Waals surface area contributed by atoms with Gasteiger partial charge in [0.1, 0.15) is 0 Å². The Morgan fingerprint density at radius 3 is 2.45 bits per heavy atom. The van der Waals surface area contributed by atoms with E-state index < -0.39 is 11.4 Å². The van der Waals surface area contributed by atoms with Gasteiger partial charge >= 0.3 is 12.0 Å². The van der Waals surface area contributed by atoms with Gasteiger partial charge in [-0.1, -0.05) is 20.8 Å². The third kappa shape index (κ3) is 3.64. The normalized spacial score (nSPS) is 29.6. The van der Waals surface area contributed by atoms with Crippen molar-refractivity contribution >= 4 is 12.0 Å². The Morgan fingerprint density at radius 2 is 1.95 bits per heavy atom. The molecule has 2 amide bonds.